The SMILES string of the molecule is [CH3][Sn]([CH3])([CH3])[c]1cnc2ccccc2c1. The standard InChI is InChI=1S/C9H6N.3CH3.Sn/c1-2-6-9-8(4-1)5-3-7-10-9;;;;/h1-2,4-7H;3*1H3;. The molecule has 0 N–H and O–H groups in total. The van der Waals surface area contributed by atoms with Crippen LogP contribution in [0.15, 0.2) is 36.5 Å². The van der Waals surface area contributed by atoms with E-state index in [-0.39, 0.29) is 0 Å². The molecule has 1 nitrogen and oxygen atoms in total. The summed E-state index contributed by atoms with van der Waals surface area (Å²) in [6, 6.07) is 10.6. The number of fused-ring (bicyclic) bond motifs is 1. The van der Waals surface area contributed by atoms with Gasteiger partial charge in [-0.25, -0.2) is 0 Å². The first-order valence-electron chi connectivity index (χ1n) is 4.93. The average molecular weight is 292 g/mol. The number of nitrogens with zero attached hydrogens (tertiary/aromatic N) is 1. The van der Waals surface area contributed by atoms with Gasteiger partial charge in [-0.2, -0.15) is 0 Å². The van der Waals surface area contributed by atoms with Gasteiger partial charge in [-0.05, 0) is 0 Å². The zero-order chi connectivity index (χ0) is 10.2. The van der Waals surface area contributed by atoms with E-state index in [1.165, 1.54) is 8.97 Å². The van der Waals surface area contributed by atoms with Gasteiger partial charge in [-0.1, -0.05) is 0 Å². The Bertz CT molecular complexity index is 457. The van der Waals surface area contributed by atoms with Gasteiger partial charge in [0.05, 0.1) is 0 Å². The summed E-state index contributed by atoms with van der Waals surface area (Å²) in [6.07, 6.45) is 2.07. The van der Waals surface area contributed by atoms with Crippen LogP contribution < -0.4 is 3.58 Å². The van der Waals surface area contributed by atoms with Gasteiger partial charge < -0.3 is 0 Å². The topological polar surface area (TPSA) is 12.9 Å². The molecule has 1 aromatic heterocycles. The molecule has 1 heterocycles. The van der Waals surface area contributed by atoms with Crippen LogP contribution in [-0.2, 0) is 0 Å². The Labute approximate surface area is 89.0 Å². The van der Waals surface area contributed by atoms with Crippen molar-refractivity contribution >= 4 is 32.9 Å². The van der Waals surface area contributed by atoms with Gasteiger partial charge in [0.15, 0.2) is 0 Å². The summed E-state index contributed by atoms with van der Waals surface area (Å²) in [5.74, 6) is 0. The second-order valence-corrected chi connectivity index (χ2v) is 19.2. The van der Waals surface area contributed by atoms with Crippen LogP contribution in [0.5, 0.6) is 0 Å². The third kappa shape index (κ3) is 1.92. The maximum atomic E-state index is 4.50. The van der Waals surface area contributed by atoms with Crippen LogP contribution in [0.25, 0.3) is 10.9 Å². The Balaban J connectivity index is 2.63. The molecule has 0 spiro atoms. The predicted molar refractivity (Wildman–Crippen MR) is 64.7 cm³/mol. The molecule has 2 rings (SSSR count). The third-order valence-electron chi connectivity index (χ3n) is 2.46. The fourth-order valence-corrected chi connectivity index (χ4v) is 4.45. The summed E-state index contributed by atoms with van der Waals surface area (Å²) >= 11 is -1.93. The number of rotatable bonds is 1. The van der Waals surface area contributed by atoms with Gasteiger partial charge in [0.2, 0.25) is 0 Å². The van der Waals surface area contributed by atoms with Crippen molar-refractivity contribution < 1.29 is 0 Å². The van der Waals surface area contributed by atoms with E-state index < -0.39 is 18.4 Å². The van der Waals surface area contributed by atoms with Crippen molar-refractivity contribution in [1.82, 2.24) is 4.98 Å². The Morgan fingerprint density at radius 3 is 2.50 bits per heavy atom. The second-order valence-electron chi connectivity index (χ2n) is 4.67. The Morgan fingerprint density at radius 2 is 1.79 bits per heavy atom. The molecule has 0 aliphatic heterocycles. The minimum absolute atomic E-state index is 1.10. The second kappa shape index (κ2) is 3.54. The van der Waals surface area contributed by atoms with E-state index in [0.29, 0.717) is 0 Å². The third-order valence-corrected chi connectivity index (χ3v) is 8.18. The first kappa shape index (κ1) is 9.96. The van der Waals surface area contributed by atoms with Crippen LogP contribution in [0, 0.1) is 0 Å². The van der Waals surface area contributed by atoms with Crippen molar-refractivity contribution in [2.24, 2.45) is 0 Å². The molecule has 0 atom stereocenters. The first-order valence-corrected chi connectivity index (χ1v) is 14.9. The van der Waals surface area contributed by atoms with E-state index in [1.807, 2.05) is 6.07 Å². The summed E-state index contributed by atoms with van der Waals surface area (Å²) in [5, 5.41) is 1.27. The Morgan fingerprint density at radius 1 is 1.07 bits per heavy atom. The first-order chi connectivity index (χ1) is 6.57. The number of aromatic nitrogens is 1. The molecule has 0 aliphatic carbocycles. The van der Waals surface area contributed by atoms with Gasteiger partial charge in [-0.15, -0.1) is 0 Å². The zero-order valence-electron chi connectivity index (χ0n) is 8.91. The molecule has 0 aliphatic rings. The van der Waals surface area contributed by atoms with Gasteiger partial charge >= 0.3 is 89.2 Å². The Hall–Kier alpha value is -0.571. The number of pyridine rings is 1. The molecule has 0 bridgehead atoms. The molecule has 1 aromatic carbocycles. The molecular weight excluding hydrogens is 277 g/mol. The molecule has 72 valence electrons. The van der Waals surface area contributed by atoms with E-state index in [0.717, 1.165) is 5.52 Å². The van der Waals surface area contributed by atoms with Crippen molar-refractivity contribution in [3.63, 3.8) is 0 Å². The molecular formula is C12H15NSn. The normalized spacial score (nSPS) is 11.9. The number of benzene rings is 1. The zero-order valence-corrected chi connectivity index (χ0v) is 11.8. The van der Waals surface area contributed by atoms with Crippen molar-refractivity contribution in [1.29, 1.82) is 0 Å². The predicted octanol–water partition coefficient (Wildman–Crippen LogP) is 2.78. The van der Waals surface area contributed by atoms with E-state index in [4.69, 9.17) is 0 Å². The molecule has 2 aromatic rings. The van der Waals surface area contributed by atoms with Crippen LogP contribution in [0.3, 0.4) is 0 Å². The fourth-order valence-electron chi connectivity index (χ4n) is 1.48. The van der Waals surface area contributed by atoms with Gasteiger partial charge in [-0.3, -0.25) is 0 Å². The molecule has 0 saturated carbocycles. The van der Waals surface area contributed by atoms with Crippen LogP contribution in [-0.4, -0.2) is 23.4 Å². The van der Waals surface area contributed by atoms with Crippen LogP contribution >= 0.6 is 0 Å². The summed E-state index contributed by atoms with van der Waals surface area (Å²) < 4.78 is 1.50. The number of hydrogen-bond acceptors (Lipinski definition) is 1. The molecule has 0 unspecified atom stereocenters. The van der Waals surface area contributed by atoms with Crippen molar-refractivity contribution in [3.8, 4) is 0 Å². The number of para-hydroxylation sites is 1. The summed E-state index contributed by atoms with van der Waals surface area (Å²) in [6.45, 7) is 0. The molecule has 2 heteroatoms. The maximum absolute atomic E-state index is 4.50. The minimum atomic E-state index is -1.93. The van der Waals surface area contributed by atoms with Crippen molar-refractivity contribution in [2.75, 3.05) is 0 Å². The van der Waals surface area contributed by atoms with Crippen molar-refractivity contribution in [2.45, 2.75) is 14.8 Å². The molecule has 0 fully saturated rings. The molecule has 0 saturated heterocycles. The van der Waals surface area contributed by atoms with Gasteiger partial charge in [0, 0.05) is 0 Å². The monoisotopic (exact) mass is 293 g/mol. The van der Waals surface area contributed by atoms with Gasteiger partial charge in [0.1, 0.15) is 0 Å². The average Bonchev–Trinajstić information content (AvgIpc) is 2.16. The summed E-state index contributed by atoms with van der Waals surface area (Å²) in [4.78, 5) is 11.8. The van der Waals surface area contributed by atoms with E-state index in [9.17, 15) is 0 Å². The quantitative estimate of drug-likeness (QED) is 0.736. The summed E-state index contributed by atoms with van der Waals surface area (Å²) in [7, 11) is 0. The van der Waals surface area contributed by atoms with E-state index in [1.54, 1.807) is 0 Å². The van der Waals surface area contributed by atoms with Crippen LogP contribution in [0.1, 0.15) is 0 Å². The van der Waals surface area contributed by atoms with Gasteiger partial charge in [0.25, 0.3) is 0 Å². The van der Waals surface area contributed by atoms with Crippen LogP contribution in [0.2, 0.25) is 14.8 Å². The van der Waals surface area contributed by atoms with E-state index in [2.05, 4.69) is 50.3 Å². The van der Waals surface area contributed by atoms with Crippen LogP contribution in [0.4, 0.5) is 0 Å². The molecule has 14 heavy (non-hydrogen) atoms. The molecule has 0 radical (unpaired) electrons. The van der Waals surface area contributed by atoms with Crippen molar-refractivity contribution in [3.05, 3.63) is 36.5 Å². The Kier molecular flexibility index (Phi) is 2.52. The number of hydrogen-bond donors (Lipinski definition) is 0. The fraction of sp³-hybridized carbons (Fsp3) is 0.250. The molecule has 0 amide bonds. The van der Waals surface area contributed by atoms with E-state index >= 15 is 0 Å². The summed E-state index contributed by atoms with van der Waals surface area (Å²) in [5.41, 5.74) is 1.10.